The van der Waals surface area contributed by atoms with Crippen LogP contribution < -0.4 is 9.80 Å². The van der Waals surface area contributed by atoms with Gasteiger partial charge >= 0.3 is 0 Å². The van der Waals surface area contributed by atoms with Gasteiger partial charge in [-0.2, -0.15) is 0 Å². The van der Waals surface area contributed by atoms with E-state index in [1.807, 2.05) is 0 Å². The predicted molar refractivity (Wildman–Crippen MR) is 525 cm³/mol. The summed E-state index contributed by atoms with van der Waals surface area (Å²) in [6, 6.07) is 162. The molecule has 0 radical (unpaired) electrons. The molecule has 20 aromatic carbocycles. The molecule has 0 atom stereocenters. The van der Waals surface area contributed by atoms with Crippen LogP contribution in [0.2, 0.25) is 0 Å². The summed E-state index contributed by atoms with van der Waals surface area (Å²) < 4.78 is 18.8. The van der Waals surface area contributed by atoms with Crippen LogP contribution in [0.1, 0.15) is 25.0 Å². The maximum absolute atomic E-state index is 6.95. The van der Waals surface area contributed by atoms with E-state index in [2.05, 4.69) is 482 Å². The van der Waals surface area contributed by atoms with Crippen molar-refractivity contribution in [2.75, 3.05) is 9.80 Å². The Hall–Kier alpha value is -16.3. The molecule has 24 aromatic rings. The average Bonchev–Trinajstić information content (AvgIpc) is 1.55. The van der Waals surface area contributed by atoms with Crippen LogP contribution in [0.4, 0.5) is 34.1 Å². The van der Waals surface area contributed by atoms with Crippen LogP contribution in [0, 0.1) is 0 Å². The van der Waals surface area contributed by atoms with Crippen LogP contribution >= 0.6 is 0 Å². The second-order valence-corrected chi connectivity index (χ2v) is 33.4. The molecule has 588 valence electrons. The SMILES string of the molecule is CC1(C)c2ccccc2-c2ccc(N(c3ccc(-c4ccccc4)cc3)c3ccc(-c4cc5c6ccccc6n(-c6cccc7ccccc67)c5c5c4oc4ccccc45)cc3)cc21.c1ccc(-c2ccc(N(c3ccc(-c4ccccc4)cc3)c3ccc(-c4cc5c6ccccc6n(-c6cccc7ccccc67)c5c5c4oc4ccccc45)cc3)cc2)cc1. The fraction of sp³-hybridized carbons (Fsp3) is 0.0252. The van der Waals surface area contributed by atoms with Gasteiger partial charge in [-0.1, -0.05) is 341 Å². The molecule has 0 N–H and O–H groups in total. The first-order valence-corrected chi connectivity index (χ1v) is 43.0. The van der Waals surface area contributed by atoms with Crippen LogP contribution in [-0.2, 0) is 5.41 Å². The maximum Gasteiger partial charge on any atom is 0.145 e. The highest BCUT2D eigenvalue weighted by Crippen LogP contribution is 2.54. The van der Waals surface area contributed by atoms with E-state index in [1.54, 1.807) is 0 Å². The third kappa shape index (κ3) is 12.1. The van der Waals surface area contributed by atoms with Crippen molar-refractivity contribution in [3.8, 4) is 78.1 Å². The number of hydrogen-bond donors (Lipinski definition) is 0. The monoisotopic (exact) mass is 1600 g/mol. The molecular weight excluding hydrogens is 1520 g/mol. The highest BCUT2D eigenvalue weighted by Gasteiger charge is 2.36. The van der Waals surface area contributed by atoms with Crippen LogP contribution in [0.25, 0.3) is 187 Å². The van der Waals surface area contributed by atoms with E-state index < -0.39 is 0 Å². The number of fused-ring (bicyclic) bond motifs is 19. The highest BCUT2D eigenvalue weighted by atomic mass is 16.3. The Balaban J connectivity index is 0.000000140. The van der Waals surface area contributed by atoms with E-state index in [4.69, 9.17) is 8.83 Å². The molecule has 0 aliphatic heterocycles. The molecule has 6 nitrogen and oxygen atoms in total. The molecule has 0 amide bonds. The first kappa shape index (κ1) is 72.7. The lowest BCUT2D eigenvalue weighted by atomic mass is 9.82. The highest BCUT2D eigenvalue weighted by molar-refractivity contribution is 6.30. The van der Waals surface area contributed by atoms with E-state index >= 15 is 0 Å². The number of nitrogens with zero attached hydrogens (tertiary/aromatic N) is 4. The average molecular weight is 1600 g/mol. The molecule has 0 saturated carbocycles. The third-order valence-corrected chi connectivity index (χ3v) is 26.0. The molecule has 0 fully saturated rings. The number of hydrogen-bond acceptors (Lipinski definition) is 4. The van der Waals surface area contributed by atoms with E-state index in [0.717, 1.165) is 123 Å². The normalized spacial score (nSPS) is 12.3. The van der Waals surface area contributed by atoms with Gasteiger partial charge in [-0.25, -0.2) is 0 Å². The Labute approximate surface area is 723 Å². The summed E-state index contributed by atoms with van der Waals surface area (Å²) in [5, 5.41) is 14.1. The third-order valence-electron chi connectivity index (χ3n) is 26.0. The van der Waals surface area contributed by atoms with Gasteiger partial charge in [0.2, 0.25) is 0 Å². The quantitative estimate of drug-likeness (QED) is 0.115. The second-order valence-electron chi connectivity index (χ2n) is 33.4. The molecule has 4 heterocycles. The predicted octanol–water partition coefficient (Wildman–Crippen LogP) is 33.3. The van der Waals surface area contributed by atoms with Crippen molar-refractivity contribution in [2.24, 2.45) is 0 Å². The van der Waals surface area contributed by atoms with Crippen molar-refractivity contribution in [1.82, 2.24) is 9.13 Å². The summed E-state index contributed by atoms with van der Waals surface area (Å²) >= 11 is 0. The fourth-order valence-electron chi connectivity index (χ4n) is 20.0. The molecule has 25 rings (SSSR count). The first-order chi connectivity index (χ1) is 61.8. The minimum Gasteiger partial charge on any atom is -0.455 e. The summed E-state index contributed by atoms with van der Waals surface area (Å²) in [6.07, 6.45) is 0. The van der Waals surface area contributed by atoms with Crippen LogP contribution in [-0.4, -0.2) is 9.13 Å². The molecule has 0 saturated heterocycles. The zero-order chi connectivity index (χ0) is 82.8. The minimum absolute atomic E-state index is 0.123. The fourth-order valence-corrected chi connectivity index (χ4v) is 20.0. The topological polar surface area (TPSA) is 42.6 Å². The van der Waals surface area contributed by atoms with Gasteiger partial charge in [0.05, 0.1) is 44.2 Å². The number of benzene rings is 20. The zero-order valence-corrected chi connectivity index (χ0v) is 68.8. The molecule has 0 bridgehead atoms. The number of para-hydroxylation sites is 4. The lowest BCUT2D eigenvalue weighted by molar-refractivity contribution is 0.660. The lowest BCUT2D eigenvalue weighted by Gasteiger charge is -2.28. The molecule has 1 aliphatic rings. The van der Waals surface area contributed by atoms with Gasteiger partial charge in [0.15, 0.2) is 0 Å². The standard InChI is InChI=1S/C61H42N2O.C58H38N2O/c1-61(2)53-23-11-8-20-47(53)48-36-35-45(37-54(48)61)62(43-31-27-40(28-32-43)39-15-4-3-5-16-39)44-33-29-42(30-34-44)51-38-52-49-21-9-12-24-56(49)63(55-25-14-18-41-17-6-7-19-46(41)55)59(52)58-50-22-10-13-26-57(50)64-60(51)58;1-3-14-39(15-4-1)41-26-32-45(33-27-41)59(46-34-28-42(29-35-46)40-16-5-2-6-17-40)47-36-30-44(31-37-47)51-38-52-49-21-9-11-23-54(49)60(53-24-13-19-43-18-7-8-20-48(43)53)57(52)56-50-22-10-12-25-55(50)61-58(51)56/h3-38H,1-2H3;1-38H. The molecule has 4 aromatic heterocycles. The summed E-state index contributed by atoms with van der Waals surface area (Å²) in [5.74, 6) is 0. The van der Waals surface area contributed by atoms with E-state index in [0.29, 0.717) is 0 Å². The molecule has 1 aliphatic carbocycles. The molecule has 0 unspecified atom stereocenters. The van der Waals surface area contributed by atoms with Crippen LogP contribution in [0.15, 0.2) is 458 Å². The van der Waals surface area contributed by atoms with Gasteiger partial charge in [0, 0.05) is 93.8 Å². The Morgan fingerprint density at radius 2 is 0.528 bits per heavy atom. The Morgan fingerprint density at radius 1 is 0.216 bits per heavy atom. The van der Waals surface area contributed by atoms with Crippen molar-refractivity contribution in [3.05, 3.63) is 460 Å². The largest absolute Gasteiger partial charge is 0.455 e. The molecule has 0 spiro atoms. The van der Waals surface area contributed by atoms with Gasteiger partial charge in [0.1, 0.15) is 22.3 Å². The molecule has 125 heavy (non-hydrogen) atoms. The van der Waals surface area contributed by atoms with Gasteiger partial charge in [0.25, 0.3) is 0 Å². The maximum atomic E-state index is 6.95. The van der Waals surface area contributed by atoms with Crippen molar-refractivity contribution in [2.45, 2.75) is 19.3 Å². The number of anilines is 6. The van der Waals surface area contributed by atoms with Gasteiger partial charge in [-0.3, -0.25) is 0 Å². The summed E-state index contributed by atoms with van der Waals surface area (Å²) in [5.41, 5.74) is 33.8. The van der Waals surface area contributed by atoms with E-state index in [1.165, 1.54) is 110 Å². The molecule has 6 heteroatoms. The Morgan fingerprint density at radius 3 is 0.952 bits per heavy atom. The van der Waals surface area contributed by atoms with Gasteiger partial charge in [-0.15, -0.1) is 0 Å². The van der Waals surface area contributed by atoms with Crippen LogP contribution in [0.3, 0.4) is 0 Å². The first-order valence-electron chi connectivity index (χ1n) is 43.0. The summed E-state index contributed by atoms with van der Waals surface area (Å²) in [4.78, 5) is 4.74. The Bertz CT molecular complexity index is 8230. The number of furan rings is 2. The lowest BCUT2D eigenvalue weighted by Crippen LogP contribution is -2.16. The minimum atomic E-state index is -0.123. The molecular formula is C119H80N4O2. The number of rotatable bonds is 13. The van der Waals surface area contributed by atoms with Crippen molar-refractivity contribution >= 4 is 143 Å². The van der Waals surface area contributed by atoms with Crippen molar-refractivity contribution in [3.63, 3.8) is 0 Å². The Kier molecular flexibility index (Phi) is 17.2. The van der Waals surface area contributed by atoms with Gasteiger partial charge in [-0.05, 0) is 199 Å². The zero-order valence-electron chi connectivity index (χ0n) is 68.8. The summed E-state index contributed by atoms with van der Waals surface area (Å²) in [7, 11) is 0. The van der Waals surface area contributed by atoms with Crippen molar-refractivity contribution < 1.29 is 8.83 Å². The number of aromatic nitrogens is 2. The van der Waals surface area contributed by atoms with E-state index in [9.17, 15) is 0 Å². The van der Waals surface area contributed by atoms with E-state index in [-0.39, 0.29) is 5.41 Å². The van der Waals surface area contributed by atoms with Crippen molar-refractivity contribution in [1.29, 1.82) is 0 Å². The smallest absolute Gasteiger partial charge is 0.145 e. The van der Waals surface area contributed by atoms with Crippen LogP contribution in [0.5, 0.6) is 0 Å². The van der Waals surface area contributed by atoms with Gasteiger partial charge < -0.3 is 27.8 Å². The second kappa shape index (κ2) is 29.6. The summed E-state index contributed by atoms with van der Waals surface area (Å²) in [6.45, 7) is 4.70.